The fourth-order valence-electron chi connectivity index (χ4n) is 2.26. The Morgan fingerprint density at radius 1 is 1.42 bits per heavy atom. The van der Waals surface area contributed by atoms with Gasteiger partial charge in [0.25, 0.3) is 11.5 Å². The summed E-state index contributed by atoms with van der Waals surface area (Å²) < 4.78 is 5.10. The van der Waals surface area contributed by atoms with Crippen molar-refractivity contribution in [2.75, 3.05) is 40.5 Å². The fourth-order valence-corrected chi connectivity index (χ4v) is 3.38. The van der Waals surface area contributed by atoms with E-state index in [1.165, 1.54) is 11.3 Å². The van der Waals surface area contributed by atoms with Crippen LogP contribution in [-0.2, 0) is 11.3 Å². The molecular formula is C15H22N4O4S. The number of amides is 1. The maximum absolute atomic E-state index is 12.3. The molecule has 0 atom stereocenters. The topological polar surface area (TPSA) is 108 Å². The zero-order valence-corrected chi connectivity index (χ0v) is 14.8. The van der Waals surface area contributed by atoms with Crippen LogP contribution in [0.4, 0.5) is 0 Å². The highest BCUT2D eigenvalue weighted by molar-refractivity contribution is 7.20. The Labute approximate surface area is 143 Å². The number of nitrogens with one attached hydrogen (secondary N) is 2. The zero-order valence-electron chi connectivity index (χ0n) is 14.0. The van der Waals surface area contributed by atoms with Crippen LogP contribution < -0.4 is 10.9 Å². The number of carbonyl (C=O) groups is 1. The molecule has 132 valence electrons. The molecule has 0 aromatic carbocycles. The molecule has 2 rings (SSSR count). The van der Waals surface area contributed by atoms with Crippen molar-refractivity contribution in [1.29, 1.82) is 0 Å². The first-order valence-electron chi connectivity index (χ1n) is 7.58. The SMILES string of the molecule is Cc1c(C(=O)NCCOCCO)sc2nc(CN(C)C)[nH]c(=O)c12. The van der Waals surface area contributed by atoms with Crippen LogP contribution in [0.15, 0.2) is 4.79 Å². The van der Waals surface area contributed by atoms with Gasteiger partial charge in [-0.1, -0.05) is 0 Å². The Morgan fingerprint density at radius 3 is 2.83 bits per heavy atom. The van der Waals surface area contributed by atoms with E-state index in [1.54, 1.807) is 6.92 Å². The van der Waals surface area contributed by atoms with Gasteiger partial charge < -0.3 is 25.0 Å². The third kappa shape index (κ3) is 4.38. The predicted octanol–water partition coefficient (Wildman–Crippen LogP) is 0.0933. The van der Waals surface area contributed by atoms with E-state index in [0.717, 1.165) is 0 Å². The molecule has 2 aromatic rings. The lowest BCUT2D eigenvalue weighted by Gasteiger charge is -2.07. The first kappa shape index (κ1) is 18.5. The van der Waals surface area contributed by atoms with Crippen LogP contribution in [0.1, 0.15) is 21.1 Å². The number of hydrogen-bond donors (Lipinski definition) is 3. The van der Waals surface area contributed by atoms with Gasteiger partial charge in [-0.05, 0) is 26.6 Å². The van der Waals surface area contributed by atoms with Gasteiger partial charge in [-0.15, -0.1) is 11.3 Å². The summed E-state index contributed by atoms with van der Waals surface area (Å²) in [6.07, 6.45) is 0. The van der Waals surface area contributed by atoms with Crippen LogP contribution in [0, 0.1) is 6.92 Å². The predicted molar refractivity (Wildman–Crippen MR) is 92.6 cm³/mol. The third-order valence-electron chi connectivity index (χ3n) is 3.29. The lowest BCUT2D eigenvalue weighted by atomic mass is 10.2. The number of rotatable bonds is 8. The van der Waals surface area contributed by atoms with Gasteiger partial charge in [-0.3, -0.25) is 9.59 Å². The number of aromatic amines is 1. The van der Waals surface area contributed by atoms with Crippen molar-refractivity contribution in [3.63, 3.8) is 0 Å². The van der Waals surface area contributed by atoms with Crippen LogP contribution in [0.25, 0.3) is 10.2 Å². The number of fused-ring (bicyclic) bond motifs is 1. The van der Waals surface area contributed by atoms with Crippen molar-refractivity contribution in [3.8, 4) is 0 Å². The molecule has 0 saturated carbocycles. The number of aliphatic hydroxyl groups is 1. The molecule has 0 fully saturated rings. The van der Waals surface area contributed by atoms with Gasteiger partial charge in [0.15, 0.2) is 0 Å². The first-order chi connectivity index (χ1) is 11.4. The number of ether oxygens (including phenoxy) is 1. The molecule has 0 spiro atoms. The van der Waals surface area contributed by atoms with Crippen molar-refractivity contribution in [2.24, 2.45) is 0 Å². The van der Waals surface area contributed by atoms with E-state index in [0.29, 0.717) is 46.2 Å². The summed E-state index contributed by atoms with van der Waals surface area (Å²) in [5, 5.41) is 11.8. The van der Waals surface area contributed by atoms with Crippen molar-refractivity contribution in [1.82, 2.24) is 20.2 Å². The van der Waals surface area contributed by atoms with E-state index in [4.69, 9.17) is 9.84 Å². The monoisotopic (exact) mass is 354 g/mol. The molecule has 1 amide bonds. The number of thiophene rings is 1. The zero-order chi connectivity index (χ0) is 17.7. The molecule has 0 saturated heterocycles. The highest BCUT2D eigenvalue weighted by Crippen LogP contribution is 2.26. The molecule has 24 heavy (non-hydrogen) atoms. The minimum atomic E-state index is -0.253. The normalized spacial score (nSPS) is 11.4. The Hall–Kier alpha value is -1.81. The van der Waals surface area contributed by atoms with Gasteiger partial charge in [0, 0.05) is 6.54 Å². The molecule has 2 heterocycles. The number of aryl methyl sites for hydroxylation is 1. The maximum atomic E-state index is 12.3. The summed E-state index contributed by atoms with van der Waals surface area (Å²) in [7, 11) is 3.78. The molecule has 3 N–H and O–H groups in total. The lowest BCUT2D eigenvalue weighted by molar-refractivity contribution is 0.0840. The van der Waals surface area contributed by atoms with Gasteiger partial charge >= 0.3 is 0 Å². The second kappa shape index (κ2) is 8.34. The highest BCUT2D eigenvalue weighted by atomic mass is 32.1. The smallest absolute Gasteiger partial charge is 0.261 e. The van der Waals surface area contributed by atoms with Crippen molar-refractivity contribution < 1.29 is 14.6 Å². The number of hydrogen-bond acceptors (Lipinski definition) is 7. The van der Waals surface area contributed by atoms with Crippen molar-refractivity contribution in [2.45, 2.75) is 13.5 Å². The summed E-state index contributed by atoms with van der Waals surface area (Å²) in [6.45, 7) is 3.12. The summed E-state index contributed by atoms with van der Waals surface area (Å²) >= 11 is 1.21. The molecule has 0 aliphatic carbocycles. The van der Waals surface area contributed by atoms with Crippen LogP contribution >= 0.6 is 11.3 Å². The first-order valence-corrected chi connectivity index (χ1v) is 8.39. The average Bonchev–Trinajstić information content (AvgIpc) is 2.83. The molecule has 0 aliphatic heterocycles. The van der Waals surface area contributed by atoms with Gasteiger partial charge in [0.2, 0.25) is 0 Å². The van der Waals surface area contributed by atoms with E-state index < -0.39 is 0 Å². The van der Waals surface area contributed by atoms with E-state index >= 15 is 0 Å². The number of carbonyl (C=O) groups excluding carboxylic acids is 1. The molecule has 0 radical (unpaired) electrons. The average molecular weight is 354 g/mol. The lowest BCUT2D eigenvalue weighted by Crippen LogP contribution is -2.27. The number of nitrogens with zero attached hydrogens (tertiary/aromatic N) is 2. The Morgan fingerprint density at radius 2 is 2.17 bits per heavy atom. The number of H-pyrrole nitrogens is 1. The second-order valence-corrected chi connectivity index (χ2v) is 6.58. The van der Waals surface area contributed by atoms with Crippen molar-refractivity contribution >= 4 is 27.5 Å². The van der Waals surface area contributed by atoms with Gasteiger partial charge in [0.05, 0.1) is 36.6 Å². The summed E-state index contributed by atoms with van der Waals surface area (Å²) in [4.78, 5) is 34.7. The van der Waals surface area contributed by atoms with E-state index in [2.05, 4.69) is 15.3 Å². The van der Waals surface area contributed by atoms with E-state index in [-0.39, 0.29) is 24.7 Å². The minimum absolute atomic E-state index is 0.0485. The van der Waals surface area contributed by atoms with Gasteiger partial charge in [-0.25, -0.2) is 4.98 Å². The summed E-state index contributed by atoms with van der Waals surface area (Å²) in [5.41, 5.74) is 0.407. The largest absolute Gasteiger partial charge is 0.394 e. The summed E-state index contributed by atoms with van der Waals surface area (Å²) in [6, 6.07) is 0. The van der Waals surface area contributed by atoms with E-state index in [9.17, 15) is 9.59 Å². The minimum Gasteiger partial charge on any atom is -0.394 e. The Kier molecular flexibility index (Phi) is 6.44. The standard InChI is InChI=1S/C15H22N4O4S/c1-9-11-13(21)17-10(8-19(2)3)18-15(11)24-12(9)14(22)16-4-6-23-7-5-20/h20H,4-8H2,1-3H3,(H,16,22)(H,17,18,21). The molecule has 0 unspecified atom stereocenters. The van der Waals surface area contributed by atoms with E-state index in [1.807, 2.05) is 19.0 Å². The molecule has 8 nitrogen and oxygen atoms in total. The molecule has 2 aromatic heterocycles. The molecular weight excluding hydrogens is 332 g/mol. The van der Waals surface area contributed by atoms with Crippen LogP contribution in [-0.4, -0.2) is 66.3 Å². The Bertz CT molecular complexity index is 769. The highest BCUT2D eigenvalue weighted by Gasteiger charge is 2.19. The second-order valence-electron chi connectivity index (χ2n) is 5.58. The Balaban J connectivity index is 2.19. The number of aliphatic hydroxyl groups excluding tert-OH is 1. The van der Waals surface area contributed by atoms with Crippen molar-refractivity contribution in [3.05, 3.63) is 26.6 Å². The van der Waals surface area contributed by atoms with Crippen LogP contribution in [0.3, 0.4) is 0 Å². The molecule has 0 bridgehead atoms. The third-order valence-corrected chi connectivity index (χ3v) is 4.47. The number of aromatic nitrogens is 2. The molecule has 0 aliphatic rings. The molecule has 9 heteroatoms. The quantitative estimate of drug-likeness (QED) is 0.580. The fraction of sp³-hybridized carbons (Fsp3) is 0.533. The summed E-state index contributed by atoms with van der Waals surface area (Å²) in [5.74, 6) is 0.319. The maximum Gasteiger partial charge on any atom is 0.261 e. The van der Waals surface area contributed by atoms with Gasteiger partial charge in [0.1, 0.15) is 10.7 Å². The van der Waals surface area contributed by atoms with Gasteiger partial charge in [-0.2, -0.15) is 0 Å². The van der Waals surface area contributed by atoms with Crippen LogP contribution in [0.2, 0.25) is 0 Å². The van der Waals surface area contributed by atoms with Crippen LogP contribution in [0.5, 0.6) is 0 Å².